The van der Waals surface area contributed by atoms with Gasteiger partial charge in [0, 0.05) is 19.7 Å². The van der Waals surface area contributed by atoms with Crippen LogP contribution in [-0.2, 0) is 9.53 Å². The monoisotopic (exact) mass is 308 g/mol. The zero-order valence-corrected chi connectivity index (χ0v) is 13.1. The normalized spacial score (nSPS) is 17.5. The molecule has 1 aromatic rings. The molecule has 1 aliphatic rings. The minimum absolute atomic E-state index is 0.0611. The Labute approximate surface area is 131 Å². The van der Waals surface area contributed by atoms with Crippen LogP contribution in [0.15, 0.2) is 24.3 Å². The molecule has 1 saturated heterocycles. The van der Waals surface area contributed by atoms with Gasteiger partial charge in [0.05, 0.1) is 12.0 Å². The number of hydrogen-bond acceptors (Lipinski definition) is 3. The van der Waals surface area contributed by atoms with Gasteiger partial charge in [-0.1, -0.05) is 12.1 Å². The van der Waals surface area contributed by atoms with Crippen LogP contribution >= 0.6 is 0 Å². The second-order valence-electron chi connectivity index (χ2n) is 5.81. The Hall–Kier alpha value is -1.46. The molecular weight excluding hydrogens is 283 g/mol. The Morgan fingerprint density at radius 2 is 2.18 bits per heavy atom. The molecule has 1 fully saturated rings. The molecule has 2 rings (SSSR count). The van der Waals surface area contributed by atoms with Crippen molar-refractivity contribution in [3.8, 4) is 0 Å². The zero-order valence-electron chi connectivity index (χ0n) is 13.1. The fourth-order valence-electron chi connectivity index (χ4n) is 2.77. The average molecular weight is 308 g/mol. The van der Waals surface area contributed by atoms with Crippen LogP contribution in [0.4, 0.5) is 4.39 Å². The molecule has 4 nitrogen and oxygen atoms in total. The first kappa shape index (κ1) is 16.9. The molecule has 22 heavy (non-hydrogen) atoms. The van der Waals surface area contributed by atoms with Crippen LogP contribution in [0.1, 0.15) is 37.7 Å². The number of carbonyl (C=O) groups excluding carboxylic acids is 1. The Morgan fingerprint density at radius 3 is 2.82 bits per heavy atom. The average Bonchev–Trinajstić information content (AvgIpc) is 2.54. The summed E-state index contributed by atoms with van der Waals surface area (Å²) in [7, 11) is 0. The van der Waals surface area contributed by atoms with Crippen LogP contribution in [0.5, 0.6) is 0 Å². The molecule has 1 aromatic carbocycles. The Kier molecular flexibility index (Phi) is 6.34. The molecule has 122 valence electrons. The van der Waals surface area contributed by atoms with Crippen molar-refractivity contribution in [2.45, 2.75) is 38.2 Å². The van der Waals surface area contributed by atoms with E-state index in [-0.39, 0.29) is 23.7 Å². The number of ether oxygens (including phenoxy) is 1. The van der Waals surface area contributed by atoms with Gasteiger partial charge >= 0.3 is 0 Å². The summed E-state index contributed by atoms with van der Waals surface area (Å²) in [6, 6.07) is 6.27. The van der Waals surface area contributed by atoms with Crippen molar-refractivity contribution in [3.63, 3.8) is 0 Å². The molecule has 0 saturated carbocycles. The van der Waals surface area contributed by atoms with Crippen LogP contribution in [0.2, 0.25) is 0 Å². The number of amides is 1. The van der Waals surface area contributed by atoms with Crippen molar-refractivity contribution in [1.29, 1.82) is 0 Å². The predicted octanol–water partition coefficient (Wildman–Crippen LogP) is 2.29. The third kappa shape index (κ3) is 4.52. The number of nitrogens with zero attached hydrogens (tertiary/aromatic N) is 1. The number of piperidine rings is 1. The first-order valence-corrected chi connectivity index (χ1v) is 7.97. The molecule has 1 atom stereocenters. The van der Waals surface area contributed by atoms with E-state index in [0.717, 1.165) is 24.8 Å². The second kappa shape index (κ2) is 8.25. The van der Waals surface area contributed by atoms with E-state index in [2.05, 4.69) is 0 Å². The molecule has 1 unspecified atom stereocenters. The highest BCUT2D eigenvalue weighted by molar-refractivity contribution is 5.83. The third-order valence-corrected chi connectivity index (χ3v) is 4.17. The van der Waals surface area contributed by atoms with E-state index >= 15 is 0 Å². The van der Waals surface area contributed by atoms with E-state index in [9.17, 15) is 9.18 Å². The van der Waals surface area contributed by atoms with Crippen LogP contribution in [0.3, 0.4) is 0 Å². The zero-order chi connectivity index (χ0) is 15.9. The molecule has 5 heteroatoms. The minimum atomic E-state index is -0.314. The maximum Gasteiger partial charge on any atom is 0.229 e. The standard InChI is InChI=1S/C17H25FN2O2/c1-13(14-4-2-5-15(18)12-14)17(21)20-9-6-16(7-10-20)22-11-3-8-19/h2,4-5,12-13,16H,3,6-11,19H2,1H3. The molecule has 0 bridgehead atoms. The Balaban J connectivity index is 1.84. The van der Waals surface area contributed by atoms with E-state index in [1.54, 1.807) is 12.1 Å². The highest BCUT2D eigenvalue weighted by atomic mass is 19.1. The van der Waals surface area contributed by atoms with E-state index in [4.69, 9.17) is 10.5 Å². The summed E-state index contributed by atoms with van der Waals surface area (Å²) < 4.78 is 19.0. The topological polar surface area (TPSA) is 55.6 Å². The molecule has 1 amide bonds. The highest BCUT2D eigenvalue weighted by Gasteiger charge is 2.27. The van der Waals surface area contributed by atoms with Gasteiger partial charge in [0.15, 0.2) is 0 Å². The Bertz CT molecular complexity index is 487. The number of benzene rings is 1. The first-order chi connectivity index (χ1) is 10.6. The summed E-state index contributed by atoms with van der Waals surface area (Å²) in [4.78, 5) is 14.4. The summed E-state index contributed by atoms with van der Waals surface area (Å²) in [6.45, 7) is 4.57. The summed E-state index contributed by atoms with van der Waals surface area (Å²) in [5, 5.41) is 0. The van der Waals surface area contributed by atoms with Gasteiger partial charge in [-0.3, -0.25) is 4.79 Å². The van der Waals surface area contributed by atoms with Gasteiger partial charge in [-0.2, -0.15) is 0 Å². The lowest BCUT2D eigenvalue weighted by Gasteiger charge is -2.33. The van der Waals surface area contributed by atoms with Crippen LogP contribution in [0.25, 0.3) is 0 Å². The van der Waals surface area contributed by atoms with E-state index in [1.807, 2.05) is 11.8 Å². The van der Waals surface area contributed by atoms with Gasteiger partial charge in [-0.15, -0.1) is 0 Å². The number of nitrogens with two attached hydrogens (primary N) is 1. The summed E-state index contributed by atoms with van der Waals surface area (Å²) in [6.07, 6.45) is 2.80. The maximum atomic E-state index is 13.3. The van der Waals surface area contributed by atoms with Crippen molar-refractivity contribution < 1.29 is 13.9 Å². The van der Waals surface area contributed by atoms with Crippen LogP contribution in [-0.4, -0.2) is 43.2 Å². The molecule has 2 N–H and O–H groups in total. The van der Waals surface area contributed by atoms with Crippen LogP contribution in [0, 0.1) is 5.82 Å². The van der Waals surface area contributed by atoms with E-state index in [1.165, 1.54) is 12.1 Å². The van der Waals surface area contributed by atoms with Gasteiger partial charge in [0.1, 0.15) is 5.82 Å². The first-order valence-electron chi connectivity index (χ1n) is 7.97. The summed E-state index contributed by atoms with van der Waals surface area (Å²) >= 11 is 0. The molecule has 1 aliphatic heterocycles. The van der Waals surface area contributed by atoms with E-state index < -0.39 is 0 Å². The van der Waals surface area contributed by atoms with Crippen molar-refractivity contribution in [1.82, 2.24) is 4.90 Å². The molecular formula is C17H25FN2O2. The molecule has 1 heterocycles. The summed E-state index contributed by atoms with van der Waals surface area (Å²) in [5.41, 5.74) is 6.17. The fraction of sp³-hybridized carbons (Fsp3) is 0.588. The van der Waals surface area contributed by atoms with Crippen molar-refractivity contribution in [3.05, 3.63) is 35.6 Å². The lowest BCUT2D eigenvalue weighted by atomic mass is 9.98. The summed E-state index contributed by atoms with van der Waals surface area (Å²) in [5.74, 6) is -0.555. The SMILES string of the molecule is CC(C(=O)N1CCC(OCCCN)CC1)c1cccc(F)c1. The molecule has 0 radical (unpaired) electrons. The van der Waals surface area contributed by atoms with Gasteiger partial charge < -0.3 is 15.4 Å². The van der Waals surface area contributed by atoms with Crippen molar-refractivity contribution >= 4 is 5.91 Å². The largest absolute Gasteiger partial charge is 0.378 e. The van der Waals surface area contributed by atoms with Gasteiger partial charge in [0.25, 0.3) is 0 Å². The lowest BCUT2D eigenvalue weighted by molar-refractivity contribution is -0.135. The lowest BCUT2D eigenvalue weighted by Crippen LogP contribution is -2.42. The quantitative estimate of drug-likeness (QED) is 0.820. The predicted molar refractivity (Wildman–Crippen MR) is 84.0 cm³/mol. The minimum Gasteiger partial charge on any atom is -0.378 e. The van der Waals surface area contributed by atoms with E-state index in [0.29, 0.717) is 26.2 Å². The van der Waals surface area contributed by atoms with Crippen LogP contribution < -0.4 is 5.73 Å². The van der Waals surface area contributed by atoms with Gasteiger partial charge in [0.2, 0.25) is 5.91 Å². The Morgan fingerprint density at radius 1 is 1.45 bits per heavy atom. The number of rotatable bonds is 6. The van der Waals surface area contributed by atoms with Gasteiger partial charge in [-0.25, -0.2) is 4.39 Å². The number of likely N-dealkylation sites (tertiary alicyclic amines) is 1. The second-order valence-corrected chi connectivity index (χ2v) is 5.81. The smallest absolute Gasteiger partial charge is 0.229 e. The number of carbonyl (C=O) groups is 1. The molecule has 0 aromatic heterocycles. The molecule has 0 aliphatic carbocycles. The maximum absolute atomic E-state index is 13.3. The third-order valence-electron chi connectivity index (χ3n) is 4.17. The highest BCUT2D eigenvalue weighted by Crippen LogP contribution is 2.22. The van der Waals surface area contributed by atoms with Gasteiger partial charge in [-0.05, 0) is 50.4 Å². The fourth-order valence-corrected chi connectivity index (χ4v) is 2.77. The van der Waals surface area contributed by atoms with Crippen molar-refractivity contribution in [2.75, 3.05) is 26.2 Å². The van der Waals surface area contributed by atoms with Crippen molar-refractivity contribution in [2.24, 2.45) is 5.73 Å². The number of halogens is 1. The molecule has 0 spiro atoms. The number of hydrogen-bond donors (Lipinski definition) is 1.